The van der Waals surface area contributed by atoms with Crippen molar-refractivity contribution in [2.24, 2.45) is 0 Å². The average Bonchev–Trinajstić information content (AvgIpc) is 3.27. The quantitative estimate of drug-likeness (QED) is 0.377. The molecule has 4 rings (SSSR count). The number of amides is 2. The van der Waals surface area contributed by atoms with Gasteiger partial charge in [0, 0.05) is 22.2 Å². The molecule has 6 heteroatoms. The first-order valence-electron chi connectivity index (χ1n) is 9.64. The van der Waals surface area contributed by atoms with Gasteiger partial charge in [0.1, 0.15) is 10.8 Å². The molecule has 5 nitrogen and oxygen atoms in total. The first-order chi connectivity index (χ1) is 14.7. The zero-order valence-corrected chi connectivity index (χ0v) is 17.3. The second-order valence-corrected chi connectivity index (χ2v) is 7.35. The smallest absolute Gasteiger partial charge is 0.323 e. The van der Waals surface area contributed by atoms with E-state index in [1.54, 1.807) is 17.4 Å². The van der Waals surface area contributed by atoms with Crippen molar-refractivity contribution in [3.05, 3.63) is 84.2 Å². The Morgan fingerprint density at radius 2 is 1.63 bits per heavy atom. The zero-order chi connectivity index (χ0) is 20.8. The van der Waals surface area contributed by atoms with Crippen molar-refractivity contribution in [3.8, 4) is 27.6 Å². The number of thiazole rings is 1. The van der Waals surface area contributed by atoms with Crippen LogP contribution < -0.4 is 15.4 Å². The van der Waals surface area contributed by atoms with Crippen LogP contribution in [0.4, 0.5) is 16.2 Å². The molecule has 0 bridgehead atoms. The number of ether oxygens (including phenoxy) is 1. The fraction of sp³-hybridized carbons (Fsp3) is 0.0833. The number of hydrogen-bond donors (Lipinski definition) is 2. The fourth-order valence-electron chi connectivity index (χ4n) is 2.98. The molecular weight excluding hydrogens is 394 g/mol. The predicted octanol–water partition coefficient (Wildman–Crippen LogP) is 6.52. The summed E-state index contributed by atoms with van der Waals surface area (Å²) in [4.78, 5) is 17.1. The lowest BCUT2D eigenvalue weighted by Gasteiger charge is -2.12. The molecule has 4 aromatic rings. The second-order valence-electron chi connectivity index (χ2n) is 6.49. The summed E-state index contributed by atoms with van der Waals surface area (Å²) in [5.74, 6) is 0.642. The van der Waals surface area contributed by atoms with E-state index in [1.807, 2.05) is 73.0 Å². The highest BCUT2D eigenvalue weighted by Crippen LogP contribution is 2.29. The van der Waals surface area contributed by atoms with Gasteiger partial charge in [-0.05, 0) is 31.2 Å². The molecule has 30 heavy (non-hydrogen) atoms. The third-order valence-corrected chi connectivity index (χ3v) is 5.29. The first kappa shape index (κ1) is 19.7. The van der Waals surface area contributed by atoms with E-state index in [1.165, 1.54) is 0 Å². The van der Waals surface area contributed by atoms with E-state index in [9.17, 15) is 4.79 Å². The summed E-state index contributed by atoms with van der Waals surface area (Å²) < 4.78 is 5.54. The minimum Gasteiger partial charge on any atom is -0.492 e. The second kappa shape index (κ2) is 9.24. The molecule has 3 aromatic carbocycles. The number of benzene rings is 3. The highest BCUT2D eigenvalue weighted by Gasteiger charge is 2.09. The van der Waals surface area contributed by atoms with Crippen molar-refractivity contribution >= 4 is 28.7 Å². The van der Waals surface area contributed by atoms with Gasteiger partial charge in [-0.1, -0.05) is 54.6 Å². The zero-order valence-electron chi connectivity index (χ0n) is 16.5. The maximum atomic E-state index is 12.4. The van der Waals surface area contributed by atoms with Crippen LogP contribution in [0, 0.1) is 0 Å². The maximum absolute atomic E-state index is 12.4. The van der Waals surface area contributed by atoms with E-state index in [0.29, 0.717) is 23.7 Å². The Kier molecular flexibility index (Phi) is 6.06. The topological polar surface area (TPSA) is 63.2 Å². The van der Waals surface area contributed by atoms with Crippen LogP contribution in [0.5, 0.6) is 5.75 Å². The Morgan fingerprint density at radius 1 is 0.900 bits per heavy atom. The number of carbonyl (C=O) groups is 1. The lowest BCUT2D eigenvalue weighted by molar-refractivity contribution is 0.262. The van der Waals surface area contributed by atoms with Gasteiger partial charge in [0.15, 0.2) is 0 Å². The molecule has 0 saturated heterocycles. The largest absolute Gasteiger partial charge is 0.492 e. The summed E-state index contributed by atoms with van der Waals surface area (Å²) in [6.45, 7) is 2.44. The van der Waals surface area contributed by atoms with Crippen LogP contribution >= 0.6 is 11.3 Å². The van der Waals surface area contributed by atoms with Gasteiger partial charge in [0.05, 0.1) is 18.0 Å². The lowest BCUT2D eigenvalue weighted by Crippen LogP contribution is -2.19. The van der Waals surface area contributed by atoms with E-state index in [4.69, 9.17) is 9.72 Å². The molecule has 0 saturated carbocycles. The molecule has 0 unspecified atom stereocenters. The number of aromatic nitrogens is 1. The van der Waals surface area contributed by atoms with Crippen LogP contribution in [-0.4, -0.2) is 17.6 Å². The average molecular weight is 416 g/mol. The van der Waals surface area contributed by atoms with Crippen LogP contribution in [0.2, 0.25) is 0 Å². The van der Waals surface area contributed by atoms with Crippen molar-refractivity contribution in [2.45, 2.75) is 6.92 Å². The van der Waals surface area contributed by atoms with Gasteiger partial charge in [-0.3, -0.25) is 0 Å². The molecule has 1 heterocycles. The molecule has 0 atom stereocenters. The highest BCUT2D eigenvalue weighted by atomic mass is 32.1. The van der Waals surface area contributed by atoms with E-state index in [0.717, 1.165) is 21.8 Å². The molecule has 0 aliphatic carbocycles. The summed E-state index contributed by atoms with van der Waals surface area (Å²) in [6.07, 6.45) is 0. The number of rotatable bonds is 6. The van der Waals surface area contributed by atoms with Crippen molar-refractivity contribution < 1.29 is 9.53 Å². The van der Waals surface area contributed by atoms with Gasteiger partial charge in [-0.25, -0.2) is 9.78 Å². The molecule has 0 spiro atoms. The van der Waals surface area contributed by atoms with Crippen LogP contribution in [-0.2, 0) is 0 Å². The standard InChI is InChI=1S/C24H21N3O2S/c1-2-29-22-11-7-6-10-20(22)27-24(28)25-19-14-12-17(13-15-19)21-16-30-23(26-21)18-8-4-3-5-9-18/h3-16H,2H2,1H3,(H2,25,27,28). The van der Waals surface area contributed by atoms with Crippen LogP contribution in [0.25, 0.3) is 21.8 Å². The number of nitrogens with zero attached hydrogens (tertiary/aromatic N) is 1. The Balaban J connectivity index is 1.42. The number of urea groups is 1. The van der Waals surface area contributed by atoms with Gasteiger partial charge >= 0.3 is 6.03 Å². The van der Waals surface area contributed by atoms with E-state index >= 15 is 0 Å². The van der Waals surface area contributed by atoms with Crippen LogP contribution in [0.1, 0.15) is 6.92 Å². The Morgan fingerprint density at radius 3 is 2.40 bits per heavy atom. The minimum absolute atomic E-state index is 0.324. The SMILES string of the molecule is CCOc1ccccc1NC(=O)Nc1ccc(-c2csc(-c3ccccc3)n2)cc1. The summed E-state index contributed by atoms with van der Waals surface area (Å²) in [7, 11) is 0. The third kappa shape index (κ3) is 4.67. The summed E-state index contributed by atoms with van der Waals surface area (Å²) in [6, 6.07) is 24.8. The van der Waals surface area contributed by atoms with Crippen molar-refractivity contribution in [3.63, 3.8) is 0 Å². The monoisotopic (exact) mass is 415 g/mol. The lowest BCUT2D eigenvalue weighted by atomic mass is 10.1. The van der Waals surface area contributed by atoms with Gasteiger partial charge < -0.3 is 15.4 Å². The Hall–Kier alpha value is -3.64. The maximum Gasteiger partial charge on any atom is 0.323 e. The number of carbonyl (C=O) groups excluding carboxylic acids is 1. The van der Waals surface area contributed by atoms with Gasteiger partial charge in [-0.15, -0.1) is 11.3 Å². The van der Waals surface area contributed by atoms with Crippen molar-refractivity contribution in [1.29, 1.82) is 0 Å². The molecule has 0 radical (unpaired) electrons. The number of anilines is 2. The molecular formula is C24H21N3O2S. The van der Waals surface area contributed by atoms with Gasteiger partial charge in [-0.2, -0.15) is 0 Å². The molecule has 2 amide bonds. The van der Waals surface area contributed by atoms with Gasteiger partial charge in [0.2, 0.25) is 0 Å². The Bertz CT molecular complexity index is 1120. The van der Waals surface area contributed by atoms with Crippen molar-refractivity contribution in [2.75, 3.05) is 17.2 Å². The van der Waals surface area contributed by atoms with Crippen LogP contribution in [0.15, 0.2) is 84.2 Å². The van der Waals surface area contributed by atoms with Crippen LogP contribution in [0.3, 0.4) is 0 Å². The summed E-state index contributed by atoms with van der Waals surface area (Å²) in [5, 5.41) is 8.70. The third-order valence-electron chi connectivity index (χ3n) is 4.40. The Labute approximate surface area is 179 Å². The van der Waals surface area contributed by atoms with E-state index in [-0.39, 0.29) is 6.03 Å². The van der Waals surface area contributed by atoms with E-state index in [2.05, 4.69) is 22.8 Å². The highest BCUT2D eigenvalue weighted by molar-refractivity contribution is 7.13. The number of nitrogens with one attached hydrogen (secondary N) is 2. The first-order valence-corrected chi connectivity index (χ1v) is 10.5. The molecule has 0 aliphatic rings. The van der Waals surface area contributed by atoms with Gasteiger partial charge in [0.25, 0.3) is 0 Å². The number of para-hydroxylation sites is 2. The summed E-state index contributed by atoms with van der Waals surface area (Å²) in [5.41, 5.74) is 4.35. The molecule has 1 aromatic heterocycles. The predicted molar refractivity (Wildman–Crippen MR) is 123 cm³/mol. The minimum atomic E-state index is -0.324. The molecule has 150 valence electrons. The van der Waals surface area contributed by atoms with Crippen molar-refractivity contribution in [1.82, 2.24) is 4.98 Å². The molecule has 2 N–H and O–H groups in total. The summed E-state index contributed by atoms with van der Waals surface area (Å²) >= 11 is 1.62. The molecule has 0 fully saturated rings. The molecule has 0 aliphatic heterocycles. The fourth-order valence-corrected chi connectivity index (χ4v) is 3.82. The van der Waals surface area contributed by atoms with E-state index < -0.39 is 0 Å². The number of hydrogen-bond acceptors (Lipinski definition) is 4. The normalized spacial score (nSPS) is 10.4.